The van der Waals surface area contributed by atoms with Crippen LogP contribution in [0.2, 0.25) is 12.6 Å². The van der Waals surface area contributed by atoms with Crippen LogP contribution in [0.5, 0.6) is 0 Å². The largest absolute Gasteiger partial charge is 0.382 e. The average molecular weight is 565 g/mol. The van der Waals surface area contributed by atoms with Gasteiger partial charge in [0.15, 0.2) is 0 Å². The van der Waals surface area contributed by atoms with Crippen LogP contribution in [0.15, 0.2) is 0 Å². The Kier molecular flexibility index (Phi) is 17.4. The third-order valence-electron chi connectivity index (χ3n) is 5.68. The van der Waals surface area contributed by atoms with Gasteiger partial charge in [-0.15, -0.1) is 0 Å². The molecular weight excluding hydrogens is 526 g/mol. The summed E-state index contributed by atoms with van der Waals surface area (Å²) in [6, 6.07) is -0.315. The van der Waals surface area contributed by atoms with E-state index in [2.05, 4.69) is 10.6 Å². The van der Waals surface area contributed by atoms with Gasteiger partial charge in [0.2, 0.25) is 23.6 Å². The molecule has 1 heterocycles. The van der Waals surface area contributed by atoms with Crippen molar-refractivity contribution in [3.8, 4) is 0 Å². The smallest absolute Gasteiger partial charge is 0.327 e. The molecule has 0 spiro atoms. The number of amides is 4. The Morgan fingerprint density at radius 2 is 1.54 bits per heavy atom. The number of unbranched alkanes of at least 4 members (excludes halogenated alkanes) is 1. The molecule has 3 unspecified atom stereocenters. The monoisotopic (exact) mass is 565 g/mol. The zero-order valence-electron chi connectivity index (χ0n) is 22.7. The Morgan fingerprint density at radius 3 is 2.08 bits per heavy atom. The zero-order valence-corrected chi connectivity index (χ0v) is 23.6. The van der Waals surface area contributed by atoms with E-state index < -0.39 is 31.2 Å². The van der Waals surface area contributed by atoms with Crippen molar-refractivity contribution in [1.29, 1.82) is 0 Å². The summed E-state index contributed by atoms with van der Waals surface area (Å²) < 4.78 is 28.5. The molecule has 0 aliphatic carbocycles. The van der Waals surface area contributed by atoms with Gasteiger partial charge >= 0.3 is 7.60 Å². The molecule has 1 aliphatic heterocycles. The van der Waals surface area contributed by atoms with Crippen LogP contribution in [0, 0.1) is 0 Å². The summed E-state index contributed by atoms with van der Waals surface area (Å²) in [6.45, 7) is 2.07. The lowest BCUT2D eigenvalue weighted by Crippen LogP contribution is -2.46. The topological polar surface area (TPSA) is 170 Å². The Labute approximate surface area is 234 Å². The second-order valence-electron chi connectivity index (χ2n) is 9.01. The maximum Gasteiger partial charge on any atom is 0.327 e. The lowest BCUT2D eigenvalue weighted by molar-refractivity contribution is -0.135. The third-order valence-corrected chi connectivity index (χ3v) is 6.95. The SMILES string of the molecule is [B]CC(=O)N(CCN)CC(=O)NCCN(CC(=O)NCCCCOP(C)(=O)OCC1CCC([B])O1)C(=O)C[B]. The second-order valence-corrected chi connectivity index (χ2v) is 11.1. The fourth-order valence-corrected chi connectivity index (χ4v) is 4.56. The van der Waals surface area contributed by atoms with Crippen molar-refractivity contribution in [3.63, 3.8) is 0 Å². The number of carbonyl (C=O) groups is 4. The normalized spacial score (nSPS) is 18.2. The summed E-state index contributed by atoms with van der Waals surface area (Å²) in [7, 11) is 13.2. The van der Waals surface area contributed by atoms with Crippen LogP contribution in [-0.4, -0.2) is 135 Å². The summed E-state index contributed by atoms with van der Waals surface area (Å²) >= 11 is 0. The van der Waals surface area contributed by atoms with E-state index in [1.807, 2.05) is 0 Å². The van der Waals surface area contributed by atoms with E-state index in [1.54, 1.807) is 0 Å². The van der Waals surface area contributed by atoms with Gasteiger partial charge in [-0.3, -0.25) is 23.7 Å². The van der Waals surface area contributed by atoms with Crippen LogP contribution >= 0.6 is 7.60 Å². The summed E-state index contributed by atoms with van der Waals surface area (Å²) in [6.07, 6.45) is 1.82. The van der Waals surface area contributed by atoms with E-state index in [0.29, 0.717) is 19.4 Å². The van der Waals surface area contributed by atoms with Crippen molar-refractivity contribution in [1.82, 2.24) is 20.4 Å². The maximum absolute atomic E-state index is 12.4. The number of rotatable bonds is 20. The second kappa shape index (κ2) is 19.3. The number of nitrogens with one attached hydrogen (secondary N) is 2. The van der Waals surface area contributed by atoms with Crippen molar-refractivity contribution in [2.45, 2.75) is 50.4 Å². The van der Waals surface area contributed by atoms with E-state index >= 15 is 0 Å². The Balaban J connectivity index is 2.28. The van der Waals surface area contributed by atoms with Crippen LogP contribution in [-0.2, 0) is 37.5 Å². The molecule has 0 bridgehead atoms. The quantitative estimate of drug-likeness (QED) is 0.0887. The molecule has 0 saturated carbocycles. The van der Waals surface area contributed by atoms with Crippen molar-refractivity contribution < 1.29 is 37.5 Å². The van der Waals surface area contributed by atoms with Gasteiger partial charge in [-0.25, -0.2) is 0 Å². The Hall–Kier alpha value is -1.86. The summed E-state index contributed by atoms with van der Waals surface area (Å²) in [5.74, 6) is -1.71. The minimum absolute atomic E-state index is 0.0500. The number of ether oxygens (including phenoxy) is 1. The van der Waals surface area contributed by atoms with Crippen molar-refractivity contribution >= 4 is 54.8 Å². The first kappa shape index (κ1) is 35.2. The van der Waals surface area contributed by atoms with E-state index in [-0.39, 0.29) is 77.2 Å². The van der Waals surface area contributed by atoms with Gasteiger partial charge < -0.3 is 40.0 Å². The molecule has 4 amide bonds. The molecule has 0 aromatic heterocycles. The predicted octanol–water partition coefficient (Wildman–Crippen LogP) is -1.68. The third kappa shape index (κ3) is 15.5. The molecule has 6 radical (unpaired) electrons. The standard InChI is InChI=1S/C22H39B3N5O8P/c1-39(35,37-16-17-4-5-18(25)38-17)36-11-3-2-7-27-19(31)15-30(22(34)13-24)10-8-28-20(32)14-29(9-6-26)21(33)12-23/h17-18H,2-16,26H2,1H3,(H,27,31)(H,28,32). The van der Waals surface area contributed by atoms with Gasteiger partial charge in [0.05, 0.1) is 48.1 Å². The van der Waals surface area contributed by atoms with Crippen LogP contribution < -0.4 is 16.4 Å². The fraction of sp³-hybridized carbons (Fsp3) is 0.818. The maximum atomic E-state index is 12.4. The first-order valence-corrected chi connectivity index (χ1v) is 15.0. The molecular formula is C22H39B3N5O8P. The molecule has 214 valence electrons. The molecule has 1 rings (SSSR count). The Bertz CT molecular complexity index is 844. The number of nitrogens with zero attached hydrogens (tertiary/aromatic N) is 2. The van der Waals surface area contributed by atoms with Gasteiger partial charge in [-0.2, -0.15) is 0 Å². The van der Waals surface area contributed by atoms with Crippen molar-refractivity contribution in [2.24, 2.45) is 5.73 Å². The molecule has 1 saturated heterocycles. The molecule has 13 nitrogen and oxygen atoms in total. The summed E-state index contributed by atoms with van der Waals surface area (Å²) in [5, 5.41) is 5.30. The summed E-state index contributed by atoms with van der Waals surface area (Å²) in [4.78, 5) is 50.8. The highest BCUT2D eigenvalue weighted by Crippen LogP contribution is 2.44. The highest BCUT2D eigenvalue weighted by Gasteiger charge is 2.25. The van der Waals surface area contributed by atoms with Crippen LogP contribution in [0.25, 0.3) is 0 Å². The first-order valence-electron chi connectivity index (χ1n) is 13.0. The minimum atomic E-state index is -3.23. The highest BCUT2D eigenvalue weighted by molar-refractivity contribution is 7.52. The number of hydrogen-bond acceptors (Lipinski definition) is 9. The van der Waals surface area contributed by atoms with E-state index in [4.69, 9.17) is 43.1 Å². The minimum Gasteiger partial charge on any atom is -0.382 e. The van der Waals surface area contributed by atoms with E-state index in [0.717, 1.165) is 12.8 Å². The van der Waals surface area contributed by atoms with Crippen LogP contribution in [0.4, 0.5) is 0 Å². The number of carbonyl (C=O) groups excluding carboxylic acids is 4. The van der Waals surface area contributed by atoms with E-state index in [9.17, 15) is 23.7 Å². The molecule has 17 heteroatoms. The van der Waals surface area contributed by atoms with Gasteiger partial charge in [-0.05, 0) is 38.3 Å². The summed E-state index contributed by atoms with van der Waals surface area (Å²) in [5.41, 5.74) is 5.45. The lowest BCUT2D eigenvalue weighted by Gasteiger charge is -2.23. The zero-order chi connectivity index (χ0) is 29.3. The molecule has 3 atom stereocenters. The predicted molar refractivity (Wildman–Crippen MR) is 148 cm³/mol. The molecule has 0 aromatic rings. The Morgan fingerprint density at radius 1 is 0.949 bits per heavy atom. The van der Waals surface area contributed by atoms with Crippen molar-refractivity contribution in [2.75, 3.05) is 65.7 Å². The van der Waals surface area contributed by atoms with Crippen molar-refractivity contribution in [3.05, 3.63) is 0 Å². The van der Waals surface area contributed by atoms with Crippen LogP contribution in [0.1, 0.15) is 25.7 Å². The first-order chi connectivity index (χ1) is 18.5. The lowest BCUT2D eigenvalue weighted by atomic mass is 9.97. The number of nitrogens with two attached hydrogens (primary N) is 1. The van der Waals surface area contributed by atoms with Gasteiger partial charge in [-0.1, -0.05) is 0 Å². The van der Waals surface area contributed by atoms with Crippen LogP contribution in [0.3, 0.4) is 0 Å². The number of hydrogen-bond donors (Lipinski definition) is 3. The van der Waals surface area contributed by atoms with Gasteiger partial charge in [0.1, 0.15) is 7.85 Å². The van der Waals surface area contributed by atoms with E-state index in [1.165, 1.54) is 16.5 Å². The molecule has 1 aliphatic rings. The molecule has 0 aromatic carbocycles. The van der Waals surface area contributed by atoms with Gasteiger partial charge in [0, 0.05) is 45.4 Å². The highest BCUT2D eigenvalue weighted by atomic mass is 31.2. The molecule has 4 N–H and O–H groups in total. The molecule has 39 heavy (non-hydrogen) atoms. The van der Waals surface area contributed by atoms with Gasteiger partial charge in [0.25, 0.3) is 0 Å². The fourth-order valence-electron chi connectivity index (χ4n) is 3.58. The molecule has 1 fully saturated rings. The average Bonchev–Trinajstić information content (AvgIpc) is 3.32.